The van der Waals surface area contributed by atoms with Crippen LogP contribution in [0.25, 0.3) is 0 Å². The van der Waals surface area contributed by atoms with Gasteiger partial charge in [-0.1, -0.05) is 51.2 Å². The van der Waals surface area contributed by atoms with Crippen LogP contribution in [0.4, 0.5) is 0 Å². The Labute approximate surface area is 136 Å². The van der Waals surface area contributed by atoms with Gasteiger partial charge in [0.25, 0.3) is 6.47 Å². The minimum Gasteiger partial charge on any atom is -0.493 e. The zero-order chi connectivity index (χ0) is 16.7. The van der Waals surface area contributed by atoms with Gasteiger partial charge >= 0.3 is 0 Å². The standard InChI is InChI=1S/C18H22O5/c1-2-3-4-5-6-7-11-22-14-10-8-9-13-15(14)17(21)18(16(13)20)23-12-19/h8-10,12,18H,2-7,11H2,1H3. The van der Waals surface area contributed by atoms with Gasteiger partial charge in [0, 0.05) is 5.56 Å². The van der Waals surface area contributed by atoms with Crippen molar-refractivity contribution in [3.63, 3.8) is 0 Å². The van der Waals surface area contributed by atoms with Crippen molar-refractivity contribution in [2.45, 2.75) is 51.6 Å². The molecule has 0 bridgehead atoms. The highest BCUT2D eigenvalue weighted by molar-refractivity contribution is 6.30. The molecule has 5 nitrogen and oxygen atoms in total. The Bertz CT molecular complexity index is 579. The number of ether oxygens (including phenoxy) is 2. The van der Waals surface area contributed by atoms with Crippen LogP contribution in [0.1, 0.15) is 66.2 Å². The first kappa shape index (κ1) is 17.2. The van der Waals surface area contributed by atoms with E-state index in [-0.39, 0.29) is 17.6 Å². The summed E-state index contributed by atoms with van der Waals surface area (Å²) in [7, 11) is 0. The molecule has 23 heavy (non-hydrogen) atoms. The number of rotatable bonds is 10. The van der Waals surface area contributed by atoms with Crippen LogP contribution < -0.4 is 4.74 Å². The van der Waals surface area contributed by atoms with E-state index in [0.29, 0.717) is 12.4 Å². The first-order valence-electron chi connectivity index (χ1n) is 8.14. The van der Waals surface area contributed by atoms with Gasteiger partial charge in [0.2, 0.25) is 17.7 Å². The number of Topliss-reactive ketones (excluding diaryl/α,β-unsaturated/α-hetero) is 2. The van der Waals surface area contributed by atoms with Crippen molar-refractivity contribution in [2.24, 2.45) is 0 Å². The van der Waals surface area contributed by atoms with Crippen LogP contribution >= 0.6 is 0 Å². The van der Waals surface area contributed by atoms with Gasteiger partial charge in [-0.3, -0.25) is 14.4 Å². The molecule has 0 N–H and O–H groups in total. The van der Waals surface area contributed by atoms with E-state index < -0.39 is 17.7 Å². The molecule has 0 heterocycles. The molecule has 1 aliphatic rings. The SMILES string of the molecule is CCCCCCCCOc1cccc2c1C(=O)C(OC=O)C2=O. The fraction of sp³-hybridized carbons (Fsp3) is 0.500. The summed E-state index contributed by atoms with van der Waals surface area (Å²) in [6, 6.07) is 4.90. The van der Waals surface area contributed by atoms with Crippen LogP contribution in [0, 0.1) is 0 Å². The Morgan fingerprint density at radius 3 is 2.52 bits per heavy atom. The van der Waals surface area contributed by atoms with E-state index in [4.69, 9.17) is 4.74 Å². The summed E-state index contributed by atoms with van der Waals surface area (Å²) < 4.78 is 10.3. The molecule has 0 amide bonds. The Morgan fingerprint density at radius 2 is 1.78 bits per heavy atom. The Hall–Kier alpha value is -2.17. The Kier molecular flexibility index (Phi) is 6.32. The minimum absolute atomic E-state index is 0.128. The predicted molar refractivity (Wildman–Crippen MR) is 84.9 cm³/mol. The van der Waals surface area contributed by atoms with Gasteiger partial charge in [0.1, 0.15) is 5.75 Å². The first-order valence-corrected chi connectivity index (χ1v) is 8.14. The average molecular weight is 318 g/mol. The van der Waals surface area contributed by atoms with Crippen LogP contribution in [0.2, 0.25) is 0 Å². The summed E-state index contributed by atoms with van der Waals surface area (Å²) in [5.74, 6) is -0.593. The zero-order valence-electron chi connectivity index (χ0n) is 13.4. The number of fused-ring (bicyclic) bond motifs is 1. The molecule has 1 aromatic carbocycles. The molecule has 1 unspecified atom stereocenters. The van der Waals surface area contributed by atoms with Crippen molar-refractivity contribution in [3.05, 3.63) is 29.3 Å². The third-order valence-corrected chi connectivity index (χ3v) is 3.96. The zero-order valence-corrected chi connectivity index (χ0v) is 13.4. The van der Waals surface area contributed by atoms with Gasteiger partial charge in [-0.2, -0.15) is 0 Å². The number of carbonyl (C=O) groups excluding carboxylic acids is 3. The molecule has 0 spiro atoms. The second-order valence-electron chi connectivity index (χ2n) is 5.64. The first-order chi connectivity index (χ1) is 11.2. The summed E-state index contributed by atoms with van der Waals surface area (Å²) in [5.41, 5.74) is 0.498. The fourth-order valence-electron chi connectivity index (χ4n) is 2.75. The second-order valence-corrected chi connectivity index (χ2v) is 5.64. The molecule has 0 saturated carbocycles. The van der Waals surface area contributed by atoms with Crippen LogP contribution in [0.5, 0.6) is 5.75 Å². The van der Waals surface area contributed by atoms with Gasteiger partial charge in [-0.15, -0.1) is 0 Å². The number of ketones is 2. The smallest absolute Gasteiger partial charge is 0.294 e. The summed E-state index contributed by atoms with van der Waals surface area (Å²) in [6.07, 6.45) is 5.50. The lowest BCUT2D eigenvalue weighted by molar-refractivity contribution is -0.130. The number of benzene rings is 1. The number of hydrogen-bond acceptors (Lipinski definition) is 5. The maximum absolute atomic E-state index is 12.2. The molecule has 5 heteroatoms. The number of unbranched alkanes of at least 4 members (excludes halogenated alkanes) is 5. The van der Waals surface area contributed by atoms with Gasteiger partial charge in [0.05, 0.1) is 12.2 Å². The van der Waals surface area contributed by atoms with Gasteiger partial charge in [-0.25, -0.2) is 0 Å². The van der Waals surface area contributed by atoms with Crippen molar-refractivity contribution in [1.29, 1.82) is 0 Å². The van der Waals surface area contributed by atoms with Crippen molar-refractivity contribution >= 4 is 18.0 Å². The molecular weight excluding hydrogens is 296 g/mol. The van der Waals surface area contributed by atoms with E-state index in [9.17, 15) is 14.4 Å². The van der Waals surface area contributed by atoms with E-state index in [1.165, 1.54) is 25.7 Å². The van der Waals surface area contributed by atoms with Crippen molar-refractivity contribution in [2.75, 3.05) is 6.61 Å². The van der Waals surface area contributed by atoms with Crippen LogP contribution in [-0.4, -0.2) is 30.7 Å². The quantitative estimate of drug-likeness (QED) is 0.376. The minimum atomic E-state index is -1.36. The average Bonchev–Trinajstić information content (AvgIpc) is 2.80. The number of hydrogen-bond donors (Lipinski definition) is 0. The van der Waals surface area contributed by atoms with Crippen LogP contribution in [0.3, 0.4) is 0 Å². The highest BCUT2D eigenvalue weighted by atomic mass is 16.5. The van der Waals surface area contributed by atoms with Gasteiger partial charge in [-0.05, 0) is 12.5 Å². The third kappa shape index (κ3) is 3.97. The van der Waals surface area contributed by atoms with E-state index in [0.717, 1.165) is 12.8 Å². The van der Waals surface area contributed by atoms with Crippen molar-refractivity contribution in [1.82, 2.24) is 0 Å². The van der Waals surface area contributed by atoms with E-state index in [2.05, 4.69) is 11.7 Å². The van der Waals surface area contributed by atoms with E-state index in [1.54, 1.807) is 18.2 Å². The van der Waals surface area contributed by atoms with E-state index >= 15 is 0 Å². The largest absolute Gasteiger partial charge is 0.493 e. The third-order valence-electron chi connectivity index (χ3n) is 3.96. The molecule has 0 fully saturated rings. The molecule has 0 radical (unpaired) electrons. The lowest BCUT2D eigenvalue weighted by Crippen LogP contribution is -2.25. The highest BCUT2D eigenvalue weighted by Gasteiger charge is 2.42. The Balaban J connectivity index is 1.94. The lowest BCUT2D eigenvalue weighted by Gasteiger charge is -2.09. The van der Waals surface area contributed by atoms with Crippen molar-refractivity contribution < 1.29 is 23.9 Å². The number of carbonyl (C=O) groups is 3. The van der Waals surface area contributed by atoms with Crippen molar-refractivity contribution in [3.8, 4) is 5.75 Å². The fourth-order valence-corrected chi connectivity index (χ4v) is 2.75. The monoisotopic (exact) mass is 318 g/mol. The van der Waals surface area contributed by atoms with Crippen LogP contribution in [0.15, 0.2) is 18.2 Å². The Morgan fingerprint density at radius 1 is 1.04 bits per heavy atom. The van der Waals surface area contributed by atoms with E-state index in [1.807, 2.05) is 0 Å². The molecular formula is C18H22O5. The van der Waals surface area contributed by atoms with Gasteiger partial charge in [0.15, 0.2) is 0 Å². The molecule has 0 aliphatic heterocycles. The van der Waals surface area contributed by atoms with Crippen LogP contribution in [-0.2, 0) is 9.53 Å². The maximum Gasteiger partial charge on any atom is 0.294 e. The molecule has 1 atom stereocenters. The molecule has 0 aromatic heterocycles. The maximum atomic E-state index is 12.2. The lowest BCUT2D eigenvalue weighted by atomic mass is 10.1. The highest BCUT2D eigenvalue weighted by Crippen LogP contribution is 2.32. The molecule has 2 rings (SSSR count). The summed E-state index contributed by atoms with van der Waals surface area (Å²) in [4.78, 5) is 34.8. The topological polar surface area (TPSA) is 69.7 Å². The normalized spacial score (nSPS) is 16.3. The summed E-state index contributed by atoms with van der Waals surface area (Å²) in [5, 5.41) is 0. The molecule has 1 aliphatic carbocycles. The molecule has 124 valence electrons. The molecule has 0 saturated heterocycles. The summed E-state index contributed by atoms with van der Waals surface area (Å²) >= 11 is 0. The second kappa shape index (κ2) is 8.46. The predicted octanol–water partition coefficient (Wildman–Crippen LogP) is 3.35. The summed E-state index contributed by atoms with van der Waals surface area (Å²) in [6.45, 7) is 2.81. The molecule has 1 aromatic rings. The van der Waals surface area contributed by atoms with Gasteiger partial charge < -0.3 is 9.47 Å².